The minimum atomic E-state index is 0.717. The number of anilines is 1. The monoisotopic (exact) mass is 294 g/mol. The number of ether oxygens (including phenoxy) is 2. The highest BCUT2D eigenvalue weighted by molar-refractivity contribution is 5.54. The third-order valence-electron chi connectivity index (χ3n) is 3.20. The van der Waals surface area contributed by atoms with E-state index < -0.39 is 0 Å². The fourth-order valence-electron chi connectivity index (χ4n) is 2.08. The molecule has 0 radical (unpaired) electrons. The van der Waals surface area contributed by atoms with E-state index in [1.54, 1.807) is 0 Å². The van der Waals surface area contributed by atoms with Gasteiger partial charge in [-0.15, -0.1) is 0 Å². The Hall–Kier alpha value is -1.26. The molecule has 1 aromatic rings. The van der Waals surface area contributed by atoms with Crippen LogP contribution >= 0.6 is 0 Å². The zero-order valence-electron chi connectivity index (χ0n) is 13.5. The number of nitrogens with two attached hydrogens (primary N) is 1. The van der Waals surface area contributed by atoms with E-state index in [0.717, 1.165) is 70.0 Å². The highest BCUT2D eigenvalue weighted by Crippen LogP contribution is 2.23. The predicted molar refractivity (Wildman–Crippen MR) is 88.9 cm³/mol. The first-order chi connectivity index (χ1) is 10.3. The largest absolute Gasteiger partial charge is 0.491 e. The Morgan fingerprint density at radius 3 is 2.62 bits per heavy atom. The van der Waals surface area contributed by atoms with Crippen LogP contribution in [0, 0.1) is 0 Å². The molecule has 0 spiro atoms. The van der Waals surface area contributed by atoms with Crippen LogP contribution in [0.15, 0.2) is 18.2 Å². The minimum Gasteiger partial charge on any atom is -0.491 e. The molecule has 0 fully saturated rings. The highest BCUT2D eigenvalue weighted by atomic mass is 16.5. The third-order valence-corrected chi connectivity index (χ3v) is 3.20. The normalized spacial score (nSPS) is 10.8. The number of aryl methyl sites for hydroxylation is 1. The van der Waals surface area contributed by atoms with Gasteiger partial charge in [-0.25, -0.2) is 0 Å². The van der Waals surface area contributed by atoms with E-state index in [2.05, 4.69) is 18.3 Å². The average molecular weight is 294 g/mol. The maximum atomic E-state index is 6.01. The molecule has 0 bridgehead atoms. The van der Waals surface area contributed by atoms with Crippen LogP contribution < -0.4 is 15.8 Å². The van der Waals surface area contributed by atoms with Crippen LogP contribution in [0.1, 0.15) is 38.7 Å². The predicted octanol–water partition coefficient (Wildman–Crippen LogP) is 3.01. The standard InChI is InChI=1S/C17H30N2O2/c1-3-12-21-17-9-8-15(14-16(17)18)7-5-10-19-11-6-13-20-4-2/h8-9,14,19H,3-7,10-13,18H2,1-2H3. The van der Waals surface area contributed by atoms with Crippen molar-refractivity contribution in [3.63, 3.8) is 0 Å². The number of hydrogen-bond acceptors (Lipinski definition) is 4. The van der Waals surface area contributed by atoms with Gasteiger partial charge in [0.05, 0.1) is 12.3 Å². The van der Waals surface area contributed by atoms with Crippen LogP contribution in [0.2, 0.25) is 0 Å². The Balaban J connectivity index is 2.16. The van der Waals surface area contributed by atoms with Gasteiger partial charge in [0.2, 0.25) is 0 Å². The number of nitrogens with one attached hydrogen (secondary N) is 1. The van der Waals surface area contributed by atoms with Crippen LogP contribution in [0.3, 0.4) is 0 Å². The van der Waals surface area contributed by atoms with Gasteiger partial charge in [-0.05, 0) is 63.4 Å². The minimum absolute atomic E-state index is 0.717. The molecule has 4 nitrogen and oxygen atoms in total. The van der Waals surface area contributed by atoms with Gasteiger partial charge in [-0.2, -0.15) is 0 Å². The maximum Gasteiger partial charge on any atom is 0.142 e. The molecule has 0 aromatic heterocycles. The van der Waals surface area contributed by atoms with Gasteiger partial charge >= 0.3 is 0 Å². The second-order valence-electron chi connectivity index (χ2n) is 5.12. The summed E-state index contributed by atoms with van der Waals surface area (Å²) < 4.78 is 10.9. The molecule has 1 aromatic carbocycles. The number of hydrogen-bond donors (Lipinski definition) is 2. The second-order valence-corrected chi connectivity index (χ2v) is 5.12. The first-order valence-electron chi connectivity index (χ1n) is 8.07. The topological polar surface area (TPSA) is 56.5 Å². The Bertz CT molecular complexity index is 383. The van der Waals surface area contributed by atoms with E-state index in [0.29, 0.717) is 0 Å². The Kier molecular flexibility index (Phi) is 9.66. The van der Waals surface area contributed by atoms with E-state index in [-0.39, 0.29) is 0 Å². The molecule has 4 heteroatoms. The summed E-state index contributed by atoms with van der Waals surface area (Å²) in [6, 6.07) is 6.12. The molecule has 0 saturated carbocycles. The highest BCUT2D eigenvalue weighted by Gasteiger charge is 2.02. The molecule has 0 aliphatic carbocycles. The lowest BCUT2D eigenvalue weighted by Gasteiger charge is -2.10. The third kappa shape index (κ3) is 7.93. The van der Waals surface area contributed by atoms with E-state index in [4.69, 9.17) is 15.2 Å². The van der Waals surface area contributed by atoms with E-state index in [1.807, 2.05) is 19.1 Å². The molecule has 0 saturated heterocycles. The van der Waals surface area contributed by atoms with E-state index in [9.17, 15) is 0 Å². The van der Waals surface area contributed by atoms with Crippen molar-refractivity contribution in [3.05, 3.63) is 23.8 Å². The van der Waals surface area contributed by atoms with Gasteiger partial charge in [0.1, 0.15) is 5.75 Å². The molecular formula is C17H30N2O2. The fraction of sp³-hybridized carbons (Fsp3) is 0.647. The van der Waals surface area contributed by atoms with Crippen molar-refractivity contribution in [1.29, 1.82) is 0 Å². The smallest absolute Gasteiger partial charge is 0.142 e. The van der Waals surface area contributed by atoms with Crippen LogP contribution in [0.25, 0.3) is 0 Å². The van der Waals surface area contributed by atoms with Gasteiger partial charge in [0.15, 0.2) is 0 Å². The van der Waals surface area contributed by atoms with Crippen LogP contribution in [0.5, 0.6) is 5.75 Å². The summed E-state index contributed by atoms with van der Waals surface area (Å²) in [5.41, 5.74) is 8.02. The molecule has 0 aliphatic rings. The van der Waals surface area contributed by atoms with Crippen molar-refractivity contribution in [3.8, 4) is 5.75 Å². The van der Waals surface area contributed by atoms with Crippen molar-refractivity contribution in [2.24, 2.45) is 0 Å². The molecule has 1 rings (SSSR count). The van der Waals surface area contributed by atoms with Crippen LogP contribution in [-0.4, -0.2) is 32.9 Å². The van der Waals surface area contributed by atoms with Crippen molar-refractivity contribution in [2.75, 3.05) is 38.6 Å². The van der Waals surface area contributed by atoms with E-state index in [1.165, 1.54) is 5.56 Å². The summed E-state index contributed by atoms with van der Waals surface area (Å²) in [5.74, 6) is 0.801. The Morgan fingerprint density at radius 2 is 1.90 bits per heavy atom. The summed E-state index contributed by atoms with van der Waals surface area (Å²) in [7, 11) is 0. The van der Waals surface area contributed by atoms with Crippen molar-refractivity contribution < 1.29 is 9.47 Å². The SMILES string of the molecule is CCCOc1ccc(CCCNCCCOCC)cc1N. The van der Waals surface area contributed by atoms with Gasteiger partial charge in [-0.3, -0.25) is 0 Å². The number of rotatable bonds is 12. The number of benzene rings is 1. The van der Waals surface area contributed by atoms with Gasteiger partial charge in [0.25, 0.3) is 0 Å². The maximum absolute atomic E-state index is 6.01. The molecule has 0 unspecified atom stereocenters. The van der Waals surface area contributed by atoms with Gasteiger partial charge in [0, 0.05) is 13.2 Å². The zero-order chi connectivity index (χ0) is 15.3. The summed E-state index contributed by atoms with van der Waals surface area (Å²) in [6.07, 6.45) is 4.22. The lowest BCUT2D eigenvalue weighted by atomic mass is 10.1. The first-order valence-corrected chi connectivity index (χ1v) is 8.07. The lowest BCUT2D eigenvalue weighted by Crippen LogP contribution is -2.18. The first kappa shape index (κ1) is 17.8. The van der Waals surface area contributed by atoms with Crippen molar-refractivity contribution >= 4 is 5.69 Å². The summed E-state index contributed by atoms with van der Waals surface area (Å²) in [5, 5.41) is 3.43. The van der Waals surface area contributed by atoms with Crippen molar-refractivity contribution in [2.45, 2.75) is 39.5 Å². The van der Waals surface area contributed by atoms with E-state index >= 15 is 0 Å². The molecule has 120 valence electrons. The molecule has 3 N–H and O–H groups in total. The Labute approximate surface area is 129 Å². The Morgan fingerprint density at radius 1 is 1.10 bits per heavy atom. The van der Waals surface area contributed by atoms with Gasteiger partial charge in [-0.1, -0.05) is 13.0 Å². The second kappa shape index (κ2) is 11.4. The summed E-state index contributed by atoms with van der Waals surface area (Å²) in [6.45, 7) is 8.53. The molecular weight excluding hydrogens is 264 g/mol. The van der Waals surface area contributed by atoms with Crippen LogP contribution in [0.4, 0.5) is 5.69 Å². The zero-order valence-corrected chi connectivity index (χ0v) is 13.5. The molecule has 0 atom stereocenters. The fourth-order valence-corrected chi connectivity index (χ4v) is 2.08. The summed E-state index contributed by atoms with van der Waals surface area (Å²) >= 11 is 0. The average Bonchev–Trinajstić information content (AvgIpc) is 2.49. The van der Waals surface area contributed by atoms with Crippen molar-refractivity contribution in [1.82, 2.24) is 5.32 Å². The molecule has 21 heavy (non-hydrogen) atoms. The van der Waals surface area contributed by atoms with Gasteiger partial charge < -0.3 is 20.5 Å². The lowest BCUT2D eigenvalue weighted by molar-refractivity contribution is 0.145. The molecule has 0 amide bonds. The summed E-state index contributed by atoms with van der Waals surface area (Å²) in [4.78, 5) is 0. The molecule has 0 aliphatic heterocycles. The quantitative estimate of drug-likeness (QED) is 0.459. The number of nitrogen functional groups attached to an aromatic ring is 1. The van der Waals surface area contributed by atoms with Crippen LogP contribution in [-0.2, 0) is 11.2 Å². The molecule has 0 heterocycles.